The standard InChI is InChI=1S/C22H30N4O3/c1-13-18(4-3-5-19(13)24-14(2)27)23-12-20(28)25-21(29)26-22-9-15-6-16(10-22)8-17(7-15)11-22/h3-5,15-17,23H,6-12H2,1-2H3,(H,24,27)(H2,25,26,28,29). The second kappa shape index (κ2) is 7.69. The maximum atomic E-state index is 12.5. The first-order valence-electron chi connectivity index (χ1n) is 10.5. The van der Waals surface area contributed by atoms with Crippen LogP contribution in [0.3, 0.4) is 0 Å². The summed E-state index contributed by atoms with van der Waals surface area (Å²) in [5.74, 6) is 1.68. The number of amides is 4. The number of hydrogen-bond donors (Lipinski definition) is 4. The SMILES string of the molecule is CC(=O)Nc1cccc(NCC(=O)NC(=O)NC23CC4CC(CC(C4)C2)C3)c1C. The Kier molecular flexibility index (Phi) is 5.23. The Balaban J connectivity index is 1.29. The van der Waals surface area contributed by atoms with Crippen LogP contribution in [0.5, 0.6) is 0 Å². The average molecular weight is 399 g/mol. The van der Waals surface area contributed by atoms with Crippen molar-refractivity contribution in [3.63, 3.8) is 0 Å². The minimum atomic E-state index is -0.387. The molecule has 7 heteroatoms. The van der Waals surface area contributed by atoms with Gasteiger partial charge in [0.2, 0.25) is 11.8 Å². The molecule has 4 bridgehead atoms. The van der Waals surface area contributed by atoms with Gasteiger partial charge in [-0.25, -0.2) is 4.79 Å². The van der Waals surface area contributed by atoms with E-state index < -0.39 is 0 Å². The van der Waals surface area contributed by atoms with Gasteiger partial charge in [-0.15, -0.1) is 0 Å². The van der Waals surface area contributed by atoms with E-state index in [0.29, 0.717) is 5.69 Å². The van der Waals surface area contributed by atoms with Crippen LogP contribution >= 0.6 is 0 Å². The summed E-state index contributed by atoms with van der Waals surface area (Å²) in [7, 11) is 0. The van der Waals surface area contributed by atoms with Gasteiger partial charge in [0.1, 0.15) is 0 Å². The molecule has 1 aromatic carbocycles. The van der Waals surface area contributed by atoms with E-state index in [1.165, 1.54) is 26.2 Å². The fraction of sp³-hybridized carbons (Fsp3) is 0.591. The summed E-state index contributed by atoms with van der Waals surface area (Å²) in [6, 6.07) is 5.06. The Hall–Kier alpha value is -2.57. The second-order valence-electron chi connectivity index (χ2n) is 9.21. The lowest BCUT2D eigenvalue weighted by atomic mass is 9.53. The van der Waals surface area contributed by atoms with Gasteiger partial charge < -0.3 is 16.0 Å². The molecule has 4 saturated carbocycles. The van der Waals surface area contributed by atoms with Crippen molar-refractivity contribution in [3.05, 3.63) is 23.8 Å². The first-order valence-corrected chi connectivity index (χ1v) is 10.5. The maximum Gasteiger partial charge on any atom is 0.321 e. The van der Waals surface area contributed by atoms with Gasteiger partial charge >= 0.3 is 6.03 Å². The molecule has 4 fully saturated rings. The fourth-order valence-corrected chi connectivity index (χ4v) is 6.03. The fourth-order valence-electron chi connectivity index (χ4n) is 6.03. The van der Waals surface area contributed by atoms with Gasteiger partial charge in [-0.3, -0.25) is 14.9 Å². The second-order valence-corrected chi connectivity index (χ2v) is 9.21. The van der Waals surface area contributed by atoms with Crippen molar-refractivity contribution < 1.29 is 14.4 Å². The number of anilines is 2. The summed E-state index contributed by atoms with van der Waals surface area (Å²) in [4.78, 5) is 36.0. The lowest BCUT2D eigenvalue weighted by Gasteiger charge is -2.56. The third kappa shape index (κ3) is 4.38. The zero-order valence-corrected chi connectivity index (χ0v) is 17.1. The molecule has 4 aliphatic carbocycles. The molecule has 4 aliphatic rings. The first-order chi connectivity index (χ1) is 13.8. The van der Waals surface area contributed by atoms with Crippen molar-refractivity contribution in [2.24, 2.45) is 17.8 Å². The predicted molar refractivity (Wildman–Crippen MR) is 112 cm³/mol. The Morgan fingerprint density at radius 2 is 1.59 bits per heavy atom. The van der Waals surface area contributed by atoms with Gasteiger partial charge in [0.25, 0.3) is 0 Å². The van der Waals surface area contributed by atoms with Crippen LogP contribution < -0.4 is 21.3 Å². The zero-order chi connectivity index (χ0) is 20.6. The largest absolute Gasteiger partial charge is 0.376 e. The Morgan fingerprint density at radius 1 is 1.00 bits per heavy atom. The van der Waals surface area contributed by atoms with E-state index in [1.807, 2.05) is 13.0 Å². The number of carbonyl (C=O) groups is 3. The van der Waals surface area contributed by atoms with Crippen molar-refractivity contribution in [1.29, 1.82) is 0 Å². The molecule has 0 atom stereocenters. The van der Waals surface area contributed by atoms with E-state index in [-0.39, 0.29) is 29.9 Å². The van der Waals surface area contributed by atoms with E-state index in [2.05, 4.69) is 21.3 Å². The van der Waals surface area contributed by atoms with Gasteiger partial charge in [-0.2, -0.15) is 0 Å². The van der Waals surface area contributed by atoms with Crippen molar-refractivity contribution in [3.8, 4) is 0 Å². The Labute approximate surface area is 171 Å². The quantitative estimate of drug-likeness (QED) is 0.612. The highest BCUT2D eigenvalue weighted by atomic mass is 16.2. The Bertz CT molecular complexity index is 800. The molecule has 0 aromatic heterocycles. The van der Waals surface area contributed by atoms with Crippen LogP contribution in [0.1, 0.15) is 51.0 Å². The molecule has 156 valence electrons. The Morgan fingerprint density at radius 3 is 2.17 bits per heavy atom. The van der Waals surface area contributed by atoms with Gasteiger partial charge in [0.15, 0.2) is 0 Å². The number of carbonyl (C=O) groups excluding carboxylic acids is 3. The molecular weight excluding hydrogens is 368 g/mol. The van der Waals surface area contributed by atoms with Crippen LogP contribution in [-0.4, -0.2) is 29.9 Å². The average Bonchev–Trinajstić information content (AvgIpc) is 2.60. The molecular formula is C22H30N4O3. The van der Waals surface area contributed by atoms with Gasteiger partial charge in [-0.1, -0.05) is 6.07 Å². The van der Waals surface area contributed by atoms with Crippen LogP contribution in [-0.2, 0) is 9.59 Å². The summed E-state index contributed by atoms with van der Waals surface area (Å²) < 4.78 is 0. The molecule has 29 heavy (non-hydrogen) atoms. The smallest absolute Gasteiger partial charge is 0.321 e. The normalized spacial score (nSPS) is 29.2. The van der Waals surface area contributed by atoms with Crippen LogP contribution in [0.4, 0.5) is 16.2 Å². The van der Waals surface area contributed by atoms with Crippen molar-refractivity contribution in [2.45, 2.75) is 57.9 Å². The minimum Gasteiger partial charge on any atom is -0.376 e. The highest BCUT2D eigenvalue weighted by Crippen LogP contribution is 2.55. The molecule has 1 aromatic rings. The van der Waals surface area contributed by atoms with E-state index in [1.54, 1.807) is 12.1 Å². The van der Waals surface area contributed by atoms with Crippen molar-refractivity contribution in [1.82, 2.24) is 10.6 Å². The molecule has 0 heterocycles. The maximum absolute atomic E-state index is 12.5. The van der Waals surface area contributed by atoms with Crippen LogP contribution in [0.2, 0.25) is 0 Å². The van der Waals surface area contributed by atoms with Gasteiger partial charge in [0.05, 0.1) is 6.54 Å². The van der Waals surface area contributed by atoms with Crippen LogP contribution in [0.15, 0.2) is 18.2 Å². The van der Waals surface area contributed by atoms with E-state index in [0.717, 1.165) is 48.3 Å². The summed E-state index contributed by atoms with van der Waals surface area (Å²) in [5, 5.41) is 11.4. The number of hydrogen-bond acceptors (Lipinski definition) is 4. The summed E-state index contributed by atoms with van der Waals surface area (Å²) >= 11 is 0. The molecule has 0 unspecified atom stereocenters. The lowest BCUT2D eigenvalue weighted by Crippen LogP contribution is -2.62. The number of benzene rings is 1. The monoisotopic (exact) mass is 398 g/mol. The summed E-state index contributed by atoms with van der Waals surface area (Å²) in [6.45, 7) is 3.30. The number of rotatable bonds is 5. The van der Waals surface area contributed by atoms with Crippen molar-refractivity contribution >= 4 is 29.2 Å². The molecule has 0 aliphatic heterocycles. The number of nitrogens with one attached hydrogen (secondary N) is 4. The minimum absolute atomic E-state index is 0.0152. The van der Waals surface area contributed by atoms with E-state index in [4.69, 9.17) is 0 Å². The first kappa shape index (κ1) is 19.7. The van der Waals surface area contributed by atoms with E-state index in [9.17, 15) is 14.4 Å². The third-order valence-corrected chi connectivity index (χ3v) is 6.75. The molecule has 5 rings (SSSR count). The molecule has 7 nitrogen and oxygen atoms in total. The topological polar surface area (TPSA) is 99.3 Å². The zero-order valence-electron chi connectivity index (χ0n) is 17.1. The highest BCUT2D eigenvalue weighted by Gasteiger charge is 2.51. The predicted octanol–water partition coefficient (Wildman–Crippen LogP) is 3.16. The van der Waals surface area contributed by atoms with Crippen molar-refractivity contribution in [2.75, 3.05) is 17.2 Å². The molecule has 0 radical (unpaired) electrons. The number of imide groups is 1. The number of urea groups is 1. The lowest BCUT2D eigenvalue weighted by molar-refractivity contribution is -0.118. The third-order valence-electron chi connectivity index (χ3n) is 6.75. The molecule has 0 spiro atoms. The van der Waals surface area contributed by atoms with Crippen LogP contribution in [0.25, 0.3) is 0 Å². The van der Waals surface area contributed by atoms with Crippen LogP contribution in [0, 0.1) is 24.7 Å². The van der Waals surface area contributed by atoms with Gasteiger partial charge in [0, 0.05) is 23.8 Å². The van der Waals surface area contributed by atoms with E-state index >= 15 is 0 Å². The summed E-state index contributed by atoms with van der Waals surface area (Å²) in [5.41, 5.74) is 2.17. The molecule has 4 amide bonds. The van der Waals surface area contributed by atoms with Gasteiger partial charge in [-0.05, 0) is 80.9 Å². The summed E-state index contributed by atoms with van der Waals surface area (Å²) in [6.07, 6.45) is 7.07. The highest BCUT2D eigenvalue weighted by molar-refractivity contribution is 5.97. The molecule has 4 N–H and O–H groups in total. The molecule has 0 saturated heterocycles.